The van der Waals surface area contributed by atoms with Crippen molar-refractivity contribution in [2.75, 3.05) is 27.2 Å². The standard InChI is InChI=1S/C19H22N4O3S/c1-22(2)15(16-8-5-9-27-16)10-20-18(25)14-7-4-3-6-13(14)12-23-17(24)11-21-19(23)26/h3-9,15H,10-12H2,1-2H3,(H,20,25)(H,21,26)/t15-/m1/s1. The number of hydrogen-bond donors (Lipinski definition) is 2. The molecule has 1 fully saturated rings. The van der Waals surface area contributed by atoms with E-state index in [4.69, 9.17) is 0 Å². The van der Waals surface area contributed by atoms with Crippen LogP contribution in [0.2, 0.25) is 0 Å². The molecule has 0 spiro atoms. The third-order valence-corrected chi connectivity index (χ3v) is 5.45. The van der Waals surface area contributed by atoms with Gasteiger partial charge in [-0.3, -0.25) is 14.5 Å². The molecule has 0 bridgehead atoms. The van der Waals surface area contributed by atoms with E-state index in [1.165, 1.54) is 4.88 Å². The zero-order valence-electron chi connectivity index (χ0n) is 15.3. The highest BCUT2D eigenvalue weighted by atomic mass is 32.1. The van der Waals surface area contributed by atoms with Crippen LogP contribution in [0.1, 0.15) is 26.8 Å². The summed E-state index contributed by atoms with van der Waals surface area (Å²) in [5, 5.41) is 7.48. The van der Waals surface area contributed by atoms with Crippen LogP contribution in [0.25, 0.3) is 0 Å². The highest BCUT2D eigenvalue weighted by Gasteiger charge is 2.29. The lowest BCUT2D eigenvalue weighted by atomic mass is 10.1. The normalized spacial score (nSPS) is 15.1. The lowest BCUT2D eigenvalue weighted by Crippen LogP contribution is -2.35. The number of amides is 4. The second kappa shape index (κ2) is 8.32. The quantitative estimate of drug-likeness (QED) is 0.712. The highest BCUT2D eigenvalue weighted by molar-refractivity contribution is 7.10. The maximum atomic E-state index is 12.8. The van der Waals surface area contributed by atoms with Crippen LogP contribution >= 0.6 is 11.3 Å². The largest absolute Gasteiger partial charge is 0.350 e. The number of rotatable bonds is 7. The summed E-state index contributed by atoms with van der Waals surface area (Å²) < 4.78 is 0. The minimum atomic E-state index is -0.430. The van der Waals surface area contributed by atoms with Crippen LogP contribution in [0, 0.1) is 0 Å². The van der Waals surface area contributed by atoms with Crippen molar-refractivity contribution in [3.8, 4) is 0 Å². The van der Waals surface area contributed by atoms with Crippen molar-refractivity contribution >= 4 is 29.2 Å². The first-order valence-corrected chi connectivity index (χ1v) is 9.49. The molecule has 0 saturated carbocycles. The zero-order valence-corrected chi connectivity index (χ0v) is 16.1. The van der Waals surface area contributed by atoms with E-state index in [2.05, 4.69) is 15.5 Å². The molecule has 1 saturated heterocycles. The number of carbonyl (C=O) groups is 3. The van der Waals surface area contributed by atoms with Gasteiger partial charge < -0.3 is 15.5 Å². The van der Waals surface area contributed by atoms with Crippen LogP contribution < -0.4 is 10.6 Å². The van der Waals surface area contributed by atoms with Gasteiger partial charge >= 0.3 is 6.03 Å². The van der Waals surface area contributed by atoms with Crippen LogP contribution in [-0.2, 0) is 11.3 Å². The molecule has 0 aliphatic carbocycles. The zero-order chi connectivity index (χ0) is 19.4. The van der Waals surface area contributed by atoms with Crippen molar-refractivity contribution < 1.29 is 14.4 Å². The number of nitrogens with zero attached hydrogens (tertiary/aromatic N) is 2. The van der Waals surface area contributed by atoms with Gasteiger partial charge in [-0.15, -0.1) is 11.3 Å². The minimum Gasteiger partial charge on any atom is -0.350 e. The topological polar surface area (TPSA) is 81.8 Å². The van der Waals surface area contributed by atoms with E-state index in [0.717, 1.165) is 4.90 Å². The van der Waals surface area contributed by atoms with Crippen molar-refractivity contribution in [1.29, 1.82) is 0 Å². The molecule has 8 heteroatoms. The van der Waals surface area contributed by atoms with E-state index in [-0.39, 0.29) is 30.9 Å². The molecule has 7 nitrogen and oxygen atoms in total. The number of imide groups is 1. The van der Waals surface area contributed by atoms with Crippen molar-refractivity contribution in [2.45, 2.75) is 12.6 Å². The molecule has 4 amide bonds. The molecule has 2 N–H and O–H groups in total. The van der Waals surface area contributed by atoms with Gasteiger partial charge in [0.15, 0.2) is 0 Å². The Balaban J connectivity index is 1.71. The summed E-state index contributed by atoms with van der Waals surface area (Å²) in [4.78, 5) is 40.7. The fourth-order valence-corrected chi connectivity index (χ4v) is 3.89. The van der Waals surface area contributed by atoms with Gasteiger partial charge in [0.25, 0.3) is 5.91 Å². The Morgan fingerprint density at radius 2 is 2.04 bits per heavy atom. The second-order valence-electron chi connectivity index (χ2n) is 6.50. The first-order chi connectivity index (χ1) is 13.0. The average Bonchev–Trinajstić information content (AvgIpc) is 3.28. The summed E-state index contributed by atoms with van der Waals surface area (Å²) in [5.41, 5.74) is 1.10. The molecule has 0 radical (unpaired) electrons. The monoisotopic (exact) mass is 386 g/mol. The molecule has 27 heavy (non-hydrogen) atoms. The van der Waals surface area contributed by atoms with Gasteiger partial charge in [0.1, 0.15) is 0 Å². The first kappa shape index (κ1) is 19.1. The number of urea groups is 1. The number of nitrogens with one attached hydrogen (secondary N) is 2. The smallest absolute Gasteiger partial charge is 0.324 e. The minimum absolute atomic E-state index is 0.00146. The van der Waals surface area contributed by atoms with E-state index in [1.54, 1.807) is 35.6 Å². The van der Waals surface area contributed by atoms with Gasteiger partial charge in [0.05, 0.1) is 19.1 Å². The lowest BCUT2D eigenvalue weighted by Gasteiger charge is -2.24. The summed E-state index contributed by atoms with van der Waals surface area (Å²) in [5.74, 6) is -0.512. The van der Waals surface area contributed by atoms with E-state index in [1.807, 2.05) is 31.6 Å². The number of hydrogen-bond acceptors (Lipinski definition) is 5. The van der Waals surface area contributed by atoms with Crippen LogP contribution in [0.3, 0.4) is 0 Å². The first-order valence-electron chi connectivity index (χ1n) is 8.61. The fraction of sp³-hybridized carbons (Fsp3) is 0.316. The number of benzene rings is 1. The molecule has 2 aromatic rings. The molecule has 1 aromatic carbocycles. The van der Waals surface area contributed by atoms with Crippen molar-refractivity contribution in [2.24, 2.45) is 0 Å². The third kappa shape index (κ3) is 4.35. The molecule has 1 atom stereocenters. The van der Waals surface area contributed by atoms with Crippen molar-refractivity contribution in [1.82, 2.24) is 20.4 Å². The van der Waals surface area contributed by atoms with Crippen molar-refractivity contribution in [3.63, 3.8) is 0 Å². The molecule has 142 valence electrons. The average molecular weight is 386 g/mol. The summed E-state index contributed by atoms with van der Waals surface area (Å²) >= 11 is 1.65. The maximum Gasteiger partial charge on any atom is 0.324 e. The van der Waals surface area contributed by atoms with E-state index in [0.29, 0.717) is 17.7 Å². The SMILES string of the molecule is CN(C)[C@H](CNC(=O)c1ccccc1CN1C(=O)CNC1=O)c1cccs1. The van der Waals surface area contributed by atoms with E-state index >= 15 is 0 Å². The Kier molecular flexibility index (Phi) is 5.88. The third-order valence-electron chi connectivity index (χ3n) is 4.48. The molecular weight excluding hydrogens is 364 g/mol. The Bertz CT molecular complexity index is 819. The van der Waals surface area contributed by atoms with Gasteiger partial charge in [-0.05, 0) is 37.2 Å². The number of likely N-dealkylation sites (N-methyl/N-ethyl adjacent to an activating group) is 1. The molecule has 0 unspecified atom stereocenters. The summed E-state index contributed by atoms with van der Waals surface area (Å²) in [6.45, 7) is 0.540. The van der Waals surface area contributed by atoms with Crippen LogP contribution in [-0.4, -0.2) is 54.8 Å². The predicted molar refractivity (Wildman–Crippen MR) is 103 cm³/mol. The summed E-state index contributed by atoms with van der Waals surface area (Å²) in [7, 11) is 3.95. The summed E-state index contributed by atoms with van der Waals surface area (Å²) in [6, 6.07) is 10.7. The van der Waals surface area contributed by atoms with Gasteiger partial charge in [-0.1, -0.05) is 24.3 Å². The Morgan fingerprint density at radius 1 is 1.26 bits per heavy atom. The maximum absolute atomic E-state index is 12.8. The highest BCUT2D eigenvalue weighted by Crippen LogP contribution is 2.22. The molecule has 1 aliphatic heterocycles. The molecule has 2 heterocycles. The number of thiophene rings is 1. The second-order valence-corrected chi connectivity index (χ2v) is 7.48. The number of carbonyl (C=O) groups excluding carboxylic acids is 3. The van der Waals surface area contributed by atoms with Crippen LogP contribution in [0.15, 0.2) is 41.8 Å². The van der Waals surface area contributed by atoms with Crippen molar-refractivity contribution in [3.05, 3.63) is 57.8 Å². The molecular formula is C19H22N4O3S. The molecule has 3 rings (SSSR count). The molecule has 1 aliphatic rings. The fourth-order valence-electron chi connectivity index (χ4n) is 2.97. The van der Waals surface area contributed by atoms with Crippen LogP contribution in [0.4, 0.5) is 4.79 Å². The van der Waals surface area contributed by atoms with Gasteiger partial charge in [-0.2, -0.15) is 0 Å². The predicted octanol–water partition coefficient (Wildman–Crippen LogP) is 1.83. The summed E-state index contributed by atoms with van der Waals surface area (Å²) in [6.07, 6.45) is 0. The van der Waals surface area contributed by atoms with Crippen LogP contribution in [0.5, 0.6) is 0 Å². The van der Waals surface area contributed by atoms with E-state index < -0.39 is 6.03 Å². The lowest BCUT2D eigenvalue weighted by molar-refractivity contribution is -0.125. The Morgan fingerprint density at radius 3 is 2.67 bits per heavy atom. The Labute approximate surface area is 162 Å². The van der Waals surface area contributed by atoms with Gasteiger partial charge in [0.2, 0.25) is 5.91 Å². The molecule has 1 aromatic heterocycles. The van der Waals surface area contributed by atoms with Gasteiger partial charge in [-0.25, -0.2) is 4.79 Å². The van der Waals surface area contributed by atoms with E-state index in [9.17, 15) is 14.4 Å². The Hall–Kier alpha value is -2.71. The van der Waals surface area contributed by atoms with Gasteiger partial charge in [0, 0.05) is 17.0 Å².